The summed E-state index contributed by atoms with van der Waals surface area (Å²) in [5, 5.41) is 8.69. The summed E-state index contributed by atoms with van der Waals surface area (Å²) in [5.41, 5.74) is 0.151. The van der Waals surface area contributed by atoms with Gasteiger partial charge in [-0.2, -0.15) is 0 Å². The average molecular weight is 168 g/mol. The second-order valence-electron chi connectivity index (χ2n) is 2.74. The summed E-state index contributed by atoms with van der Waals surface area (Å²) in [7, 11) is 0. The van der Waals surface area contributed by atoms with Gasteiger partial charge >= 0.3 is 0 Å². The van der Waals surface area contributed by atoms with Gasteiger partial charge in [0.1, 0.15) is 5.60 Å². The molecule has 0 aliphatic carbocycles. The molecule has 68 valence electrons. The van der Waals surface area contributed by atoms with Gasteiger partial charge in [-0.3, -0.25) is 5.26 Å². The average Bonchev–Trinajstić information content (AvgIpc) is 2.13. The third-order valence-corrected chi connectivity index (χ3v) is 2.00. The highest BCUT2D eigenvalue weighted by molar-refractivity contribution is 5.29. The Morgan fingerprint density at radius 2 is 2.17 bits per heavy atom. The molecule has 0 rings (SSSR count). The highest BCUT2D eigenvalue weighted by Crippen LogP contribution is 2.24. The van der Waals surface area contributed by atoms with Gasteiger partial charge in [-0.25, -0.2) is 4.89 Å². The van der Waals surface area contributed by atoms with Gasteiger partial charge in [-0.15, -0.1) is 0 Å². The van der Waals surface area contributed by atoms with Crippen molar-refractivity contribution in [2.24, 2.45) is 0 Å². The van der Waals surface area contributed by atoms with Crippen LogP contribution in [0.1, 0.15) is 20.3 Å². The molecule has 0 aromatic rings. The van der Waals surface area contributed by atoms with Gasteiger partial charge in [0, 0.05) is 0 Å². The molecule has 0 aliphatic heterocycles. The summed E-state index contributed by atoms with van der Waals surface area (Å²) in [6.45, 7) is 10.9. The van der Waals surface area contributed by atoms with Crippen LogP contribution in [0.2, 0.25) is 0 Å². The van der Waals surface area contributed by atoms with Gasteiger partial charge in [0.25, 0.3) is 0 Å². The summed E-state index contributed by atoms with van der Waals surface area (Å²) < 4.78 is 0. The zero-order valence-electron chi connectivity index (χ0n) is 7.71. The second-order valence-corrected chi connectivity index (χ2v) is 2.74. The van der Waals surface area contributed by atoms with Gasteiger partial charge in [0.05, 0.1) is 0 Å². The molecule has 2 nitrogen and oxygen atoms in total. The van der Waals surface area contributed by atoms with Crippen molar-refractivity contribution in [2.45, 2.75) is 25.9 Å². The Morgan fingerprint density at radius 1 is 1.58 bits per heavy atom. The fourth-order valence-electron chi connectivity index (χ4n) is 0.909. The lowest BCUT2D eigenvalue weighted by Crippen LogP contribution is -2.28. The van der Waals surface area contributed by atoms with Crippen LogP contribution in [-0.4, -0.2) is 10.9 Å². The molecule has 0 aromatic carbocycles. The van der Waals surface area contributed by atoms with E-state index in [1.165, 1.54) is 0 Å². The number of allylic oxidation sites excluding steroid dienone is 2. The molecule has 0 bridgehead atoms. The van der Waals surface area contributed by atoms with Crippen molar-refractivity contribution in [3.05, 3.63) is 37.0 Å². The first-order valence-electron chi connectivity index (χ1n) is 3.92. The Morgan fingerprint density at radius 3 is 2.42 bits per heavy atom. The van der Waals surface area contributed by atoms with Crippen molar-refractivity contribution in [1.82, 2.24) is 0 Å². The van der Waals surface area contributed by atoms with Crippen LogP contribution in [-0.2, 0) is 4.89 Å². The fourth-order valence-corrected chi connectivity index (χ4v) is 0.909. The lowest BCUT2D eigenvalue weighted by Gasteiger charge is -2.25. The molecule has 2 heteroatoms. The third kappa shape index (κ3) is 2.32. The zero-order valence-corrected chi connectivity index (χ0v) is 7.71. The van der Waals surface area contributed by atoms with E-state index in [0.717, 1.165) is 5.57 Å². The molecule has 0 saturated heterocycles. The Labute approximate surface area is 73.8 Å². The van der Waals surface area contributed by atoms with Crippen molar-refractivity contribution < 1.29 is 10.1 Å². The monoisotopic (exact) mass is 168 g/mol. The highest BCUT2D eigenvalue weighted by atomic mass is 17.1. The quantitative estimate of drug-likeness (QED) is 0.388. The number of hydrogen-bond acceptors (Lipinski definition) is 2. The minimum Gasteiger partial charge on any atom is -0.251 e. The largest absolute Gasteiger partial charge is 0.251 e. The molecule has 0 aromatic heterocycles. The van der Waals surface area contributed by atoms with E-state index in [1.807, 2.05) is 6.92 Å². The molecule has 0 radical (unpaired) electrons. The van der Waals surface area contributed by atoms with Crippen LogP contribution in [0, 0.1) is 0 Å². The van der Waals surface area contributed by atoms with Gasteiger partial charge in [0.2, 0.25) is 0 Å². The van der Waals surface area contributed by atoms with Gasteiger partial charge < -0.3 is 0 Å². The van der Waals surface area contributed by atoms with E-state index in [-0.39, 0.29) is 0 Å². The molecule has 1 unspecified atom stereocenters. The van der Waals surface area contributed by atoms with Gasteiger partial charge in [-0.05, 0) is 18.9 Å². The minimum atomic E-state index is -0.671. The van der Waals surface area contributed by atoms with Crippen LogP contribution in [0.5, 0.6) is 0 Å². The van der Waals surface area contributed by atoms with E-state index >= 15 is 0 Å². The molecule has 0 aliphatic rings. The first-order valence-corrected chi connectivity index (χ1v) is 3.92. The van der Waals surface area contributed by atoms with Crippen molar-refractivity contribution in [2.75, 3.05) is 0 Å². The molecule has 1 N–H and O–H groups in total. The van der Waals surface area contributed by atoms with Crippen molar-refractivity contribution in [1.29, 1.82) is 0 Å². The molecule has 1 atom stereocenters. The molecule has 0 spiro atoms. The topological polar surface area (TPSA) is 29.5 Å². The molecule has 12 heavy (non-hydrogen) atoms. The Bertz CT molecular complexity index is 188. The Hall–Kier alpha value is -0.860. The maximum absolute atomic E-state index is 8.69. The smallest absolute Gasteiger partial charge is 0.125 e. The standard InChI is InChI=1S/C10H16O2/c1-5-8-9(6-2)10(4,7-3)12-11/h5-6,8,11H,1-2,7H2,3-4H3/b9-8+. The summed E-state index contributed by atoms with van der Waals surface area (Å²) in [4.78, 5) is 4.41. The van der Waals surface area contributed by atoms with E-state index in [1.54, 1.807) is 25.2 Å². The highest BCUT2D eigenvalue weighted by Gasteiger charge is 2.25. The van der Waals surface area contributed by atoms with E-state index in [9.17, 15) is 0 Å². The van der Waals surface area contributed by atoms with Crippen LogP contribution in [0.4, 0.5) is 0 Å². The molecule has 0 heterocycles. The molecule has 0 amide bonds. The van der Waals surface area contributed by atoms with Crippen LogP contribution in [0.3, 0.4) is 0 Å². The van der Waals surface area contributed by atoms with Crippen molar-refractivity contribution >= 4 is 0 Å². The second kappa shape index (κ2) is 4.91. The minimum absolute atomic E-state index is 0.671. The van der Waals surface area contributed by atoms with Gasteiger partial charge in [0.15, 0.2) is 0 Å². The van der Waals surface area contributed by atoms with Crippen LogP contribution >= 0.6 is 0 Å². The Balaban J connectivity index is 4.78. The predicted molar refractivity (Wildman–Crippen MR) is 50.9 cm³/mol. The zero-order chi connectivity index (χ0) is 9.61. The van der Waals surface area contributed by atoms with E-state index in [0.29, 0.717) is 6.42 Å². The number of rotatable bonds is 5. The maximum Gasteiger partial charge on any atom is 0.125 e. The van der Waals surface area contributed by atoms with Crippen LogP contribution in [0.15, 0.2) is 37.0 Å². The Kier molecular flexibility index (Phi) is 4.55. The molecule has 0 saturated carbocycles. The fraction of sp³-hybridized carbons (Fsp3) is 0.400. The SMILES string of the molecule is C=C/C=C(\C=C)C(C)(CC)OO. The third-order valence-electron chi connectivity index (χ3n) is 2.00. The molecular formula is C10H16O2. The first kappa shape index (κ1) is 11.1. The van der Waals surface area contributed by atoms with Crippen LogP contribution in [0.25, 0.3) is 0 Å². The van der Waals surface area contributed by atoms with E-state index < -0.39 is 5.60 Å². The maximum atomic E-state index is 8.69. The summed E-state index contributed by atoms with van der Waals surface area (Å²) in [6.07, 6.45) is 5.74. The summed E-state index contributed by atoms with van der Waals surface area (Å²) >= 11 is 0. The summed E-state index contributed by atoms with van der Waals surface area (Å²) in [6, 6.07) is 0. The lowest BCUT2D eigenvalue weighted by atomic mass is 9.92. The predicted octanol–water partition coefficient (Wildman–Crippen LogP) is 2.94. The van der Waals surface area contributed by atoms with Crippen molar-refractivity contribution in [3.8, 4) is 0 Å². The molecular weight excluding hydrogens is 152 g/mol. The normalized spacial score (nSPS) is 16.8. The van der Waals surface area contributed by atoms with Crippen molar-refractivity contribution in [3.63, 3.8) is 0 Å². The van der Waals surface area contributed by atoms with Gasteiger partial charge in [-0.1, -0.05) is 38.3 Å². The molecule has 0 fully saturated rings. The number of hydrogen-bond donors (Lipinski definition) is 1. The first-order chi connectivity index (χ1) is 5.64. The summed E-state index contributed by atoms with van der Waals surface area (Å²) in [5.74, 6) is 0. The lowest BCUT2D eigenvalue weighted by molar-refractivity contribution is -0.305. The van der Waals surface area contributed by atoms with Crippen LogP contribution < -0.4 is 0 Å². The van der Waals surface area contributed by atoms with E-state index in [4.69, 9.17) is 5.26 Å². The van der Waals surface area contributed by atoms with E-state index in [2.05, 4.69) is 18.0 Å².